The summed E-state index contributed by atoms with van der Waals surface area (Å²) >= 11 is 3.57. The van der Waals surface area contributed by atoms with Crippen molar-refractivity contribution in [2.45, 2.75) is 13.0 Å². The Morgan fingerprint density at radius 1 is 1.29 bits per heavy atom. The number of aromatic nitrogens is 2. The summed E-state index contributed by atoms with van der Waals surface area (Å²) in [6.45, 7) is 1.40. The summed E-state index contributed by atoms with van der Waals surface area (Å²) in [7, 11) is 0. The van der Waals surface area contributed by atoms with Gasteiger partial charge in [-0.25, -0.2) is 0 Å². The smallest absolute Gasteiger partial charge is 0.153 e. The van der Waals surface area contributed by atoms with Crippen LogP contribution in [0.4, 0.5) is 5.82 Å². The Morgan fingerprint density at radius 2 is 2.14 bits per heavy atom. The Balaban J connectivity index is 1.82. The van der Waals surface area contributed by atoms with Gasteiger partial charge in [-0.2, -0.15) is 5.10 Å². The van der Waals surface area contributed by atoms with Gasteiger partial charge >= 0.3 is 0 Å². The second-order valence-corrected chi connectivity index (χ2v) is 6.13. The third kappa shape index (κ3) is 2.08. The van der Waals surface area contributed by atoms with E-state index in [9.17, 15) is 0 Å². The molecule has 0 unspecified atom stereocenters. The number of nitrogens with zero attached hydrogens (tertiary/aromatic N) is 2. The maximum absolute atomic E-state index is 6.00. The fourth-order valence-corrected chi connectivity index (χ4v) is 3.45. The molecule has 21 heavy (non-hydrogen) atoms. The van der Waals surface area contributed by atoms with Crippen molar-refractivity contribution in [3.63, 3.8) is 0 Å². The molecule has 5 heteroatoms. The minimum absolute atomic E-state index is 0.568. The summed E-state index contributed by atoms with van der Waals surface area (Å²) in [6, 6.07) is 12.2. The first-order chi connectivity index (χ1) is 10.2. The van der Waals surface area contributed by atoms with E-state index in [-0.39, 0.29) is 0 Å². The zero-order valence-electron chi connectivity index (χ0n) is 11.3. The lowest BCUT2D eigenvalue weighted by Gasteiger charge is -2.10. The molecule has 2 heterocycles. The average Bonchev–Trinajstić information content (AvgIpc) is 3.05. The first-order valence-electron chi connectivity index (χ1n) is 6.87. The van der Waals surface area contributed by atoms with Crippen LogP contribution >= 0.6 is 15.9 Å². The van der Waals surface area contributed by atoms with Crippen LogP contribution in [0.1, 0.15) is 11.1 Å². The van der Waals surface area contributed by atoms with Crippen LogP contribution in [-0.4, -0.2) is 16.4 Å². The van der Waals surface area contributed by atoms with E-state index in [2.05, 4.69) is 33.2 Å². The molecule has 3 aromatic rings. The number of halogens is 1. The number of hydrogen-bond donors (Lipinski definition) is 1. The van der Waals surface area contributed by atoms with Gasteiger partial charge in [0.1, 0.15) is 5.75 Å². The Bertz CT molecular complexity index is 841. The van der Waals surface area contributed by atoms with E-state index in [1.54, 1.807) is 0 Å². The monoisotopic (exact) mass is 343 g/mol. The summed E-state index contributed by atoms with van der Waals surface area (Å²) in [6.07, 6.45) is 0.962. The molecule has 1 aliphatic rings. The second-order valence-electron chi connectivity index (χ2n) is 5.21. The fraction of sp³-hybridized carbons (Fsp3) is 0.188. The highest BCUT2D eigenvalue weighted by molar-refractivity contribution is 9.10. The van der Waals surface area contributed by atoms with Crippen LogP contribution in [0, 0.1) is 0 Å². The van der Waals surface area contributed by atoms with Gasteiger partial charge in [-0.3, -0.25) is 4.68 Å². The SMILES string of the molecule is Nc1nn(Cc2cc(Br)cc3c2OCC3)c2ccccc12. The standard InChI is InChI=1S/C16H14BrN3O/c17-12-7-10-5-6-21-15(10)11(8-12)9-20-14-4-2-1-3-13(14)16(18)19-20/h1-4,7-8H,5-6,9H2,(H2,18,19). The molecule has 0 spiro atoms. The van der Waals surface area contributed by atoms with Crippen molar-refractivity contribution in [2.75, 3.05) is 12.3 Å². The molecule has 2 N–H and O–H groups in total. The van der Waals surface area contributed by atoms with E-state index < -0.39 is 0 Å². The normalized spacial score (nSPS) is 13.4. The Hall–Kier alpha value is -2.01. The topological polar surface area (TPSA) is 53.1 Å². The van der Waals surface area contributed by atoms with Crippen LogP contribution in [-0.2, 0) is 13.0 Å². The van der Waals surface area contributed by atoms with Crippen LogP contribution in [0.5, 0.6) is 5.75 Å². The number of hydrogen-bond acceptors (Lipinski definition) is 3. The second kappa shape index (κ2) is 4.77. The van der Waals surface area contributed by atoms with Gasteiger partial charge in [0, 0.05) is 21.8 Å². The number of fused-ring (bicyclic) bond motifs is 2. The van der Waals surface area contributed by atoms with E-state index in [4.69, 9.17) is 10.5 Å². The first-order valence-corrected chi connectivity index (χ1v) is 7.67. The summed E-state index contributed by atoms with van der Waals surface area (Å²) in [5, 5.41) is 5.45. The Kier molecular flexibility index (Phi) is 2.89. The molecular formula is C16H14BrN3O. The molecule has 0 saturated carbocycles. The summed E-state index contributed by atoms with van der Waals surface area (Å²) in [5.41, 5.74) is 9.43. The molecular weight excluding hydrogens is 330 g/mol. The van der Waals surface area contributed by atoms with Crippen molar-refractivity contribution in [3.05, 3.63) is 52.0 Å². The predicted octanol–water partition coefficient (Wildman–Crippen LogP) is 3.36. The minimum Gasteiger partial charge on any atom is -0.493 e. The number of rotatable bonds is 2. The molecule has 0 fully saturated rings. The van der Waals surface area contributed by atoms with Gasteiger partial charge in [0.25, 0.3) is 0 Å². The van der Waals surface area contributed by atoms with E-state index in [0.717, 1.165) is 39.7 Å². The highest BCUT2D eigenvalue weighted by Gasteiger charge is 2.18. The first kappa shape index (κ1) is 12.7. The molecule has 4 nitrogen and oxygen atoms in total. The predicted molar refractivity (Wildman–Crippen MR) is 86.6 cm³/mol. The molecule has 0 aliphatic carbocycles. The zero-order chi connectivity index (χ0) is 14.4. The van der Waals surface area contributed by atoms with E-state index in [0.29, 0.717) is 12.4 Å². The number of benzene rings is 2. The largest absolute Gasteiger partial charge is 0.493 e. The molecule has 0 bridgehead atoms. The van der Waals surface area contributed by atoms with Gasteiger partial charge < -0.3 is 10.5 Å². The van der Waals surface area contributed by atoms with Crippen LogP contribution < -0.4 is 10.5 Å². The van der Waals surface area contributed by atoms with E-state index in [1.807, 2.05) is 28.9 Å². The number of ether oxygens (including phenoxy) is 1. The van der Waals surface area contributed by atoms with Crippen molar-refractivity contribution in [3.8, 4) is 5.75 Å². The summed E-state index contributed by atoms with van der Waals surface area (Å²) < 4.78 is 8.80. The van der Waals surface area contributed by atoms with Crippen molar-refractivity contribution >= 4 is 32.7 Å². The van der Waals surface area contributed by atoms with Gasteiger partial charge in [0.15, 0.2) is 5.82 Å². The van der Waals surface area contributed by atoms with E-state index in [1.165, 1.54) is 5.56 Å². The molecule has 0 radical (unpaired) electrons. The highest BCUT2D eigenvalue weighted by Crippen LogP contribution is 2.34. The number of para-hydroxylation sites is 1. The summed E-state index contributed by atoms with van der Waals surface area (Å²) in [5.74, 6) is 1.56. The molecule has 0 amide bonds. The van der Waals surface area contributed by atoms with Gasteiger partial charge in [0.05, 0.1) is 18.7 Å². The maximum Gasteiger partial charge on any atom is 0.153 e. The molecule has 1 aliphatic heterocycles. The van der Waals surface area contributed by atoms with Crippen LogP contribution in [0.2, 0.25) is 0 Å². The van der Waals surface area contributed by atoms with E-state index >= 15 is 0 Å². The fourth-order valence-electron chi connectivity index (χ4n) is 2.90. The highest BCUT2D eigenvalue weighted by atomic mass is 79.9. The third-order valence-electron chi connectivity index (χ3n) is 3.83. The van der Waals surface area contributed by atoms with Gasteiger partial charge in [-0.15, -0.1) is 0 Å². The maximum atomic E-state index is 6.00. The number of anilines is 1. The van der Waals surface area contributed by atoms with Crippen molar-refractivity contribution in [2.24, 2.45) is 0 Å². The van der Waals surface area contributed by atoms with Crippen molar-refractivity contribution in [1.82, 2.24) is 9.78 Å². The van der Waals surface area contributed by atoms with Crippen molar-refractivity contribution < 1.29 is 4.74 Å². The molecule has 4 rings (SSSR count). The van der Waals surface area contributed by atoms with Gasteiger partial charge in [-0.05, 0) is 29.8 Å². The quantitative estimate of drug-likeness (QED) is 0.776. The lowest BCUT2D eigenvalue weighted by Crippen LogP contribution is -2.04. The van der Waals surface area contributed by atoms with Crippen LogP contribution in [0.25, 0.3) is 10.9 Å². The molecule has 2 aromatic carbocycles. The Morgan fingerprint density at radius 3 is 3.05 bits per heavy atom. The minimum atomic E-state index is 0.568. The van der Waals surface area contributed by atoms with Crippen LogP contribution in [0.15, 0.2) is 40.9 Å². The molecule has 1 aromatic heterocycles. The lowest BCUT2D eigenvalue weighted by molar-refractivity contribution is 0.352. The summed E-state index contributed by atoms with van der Waals surface area (Å²) in [4.78, 5) is 0. The number of nitrogens with two attached hydrogens (primary N) is 1. The van der Waals surface area contributed by atoms with Crippen molar-refractivity contribution in [1.29, 1.82) is 0 Å². The lowest BCUT2D eigenvalue weighted by atomic mass is 10.1. The number of nitrogen functional groups attached to an aromatic ring is 1. The van der Waals surface area contributed by atoms with Gasteiger partial charge in [0.2, 0.25) is 0 Å². The molecule has 0 saturated heterocycles. The Labute approximate surface area is 130 Å². The molecule has 106 valence electrons. The van der Waals surface area contributed by atoms with Crippen LogP contribution in [0.3, 0.4) is 0 Å². The zero-order valence-corrected chi connectivity index (χ0v) is 12.9. The molecule has 0 atom stereocenters. The average molecular weight is 344 g/mol. The van der Waals surface area contributed by atoms with Gasteiger partial charge in [-0.1, -0.05) is 28.1 Å². The third-order valence-corrected chi connectivity index (χ3v) is 4.29.